The second-order valence-corrected chi connectivity index (χ2v) is 10.5. The number of amides is 2. The predicted molar refractivity (Wildman–Crippen MR) is 153 cm³/mol. The molecular weight excluding hydrogens is 549 g/mol. The molecule has 1 aromatic carbocycles. The van der Waals surface area contributed by atoms with Crippen molar-refractivity contribution in [3.63, 3.8) is 0 Å². The van der Waals surface area contributed by atoms with E-state index < -0.39 is 5.82 Å². The smallest absolute Gasteiger partial charge is 0.245 e. The van der Waals surface area contributed by atoms with Crippen LogP contribution in [0.4, 0.5) is 21.7 Å². The monoisotopic (exact) mass is 575 g/mol. The number of aromatic amines is 1. The van der Waals surface area contributed by atoms with Crippen molar-refractivity contribution in [2.45, 2.75) is 31.6 Å². The highest BCUT2D eigenvalue weighted by Crippen LogP contribution is 2.39. The van der Waals surface area contributed by atoms with Gasteiger partial charge in [-0.25, -0.2) is 19.3 Å². The Bertz CT molecular complexity index is 1650. The number of H-pyrrole nitrogens is 1. The summed E-state index contributed by atoms with van der Waals surface area (Å²) in [5.41, 5.74) is 1.74. The number of ether oxygens (including phenoxy) is 1. The summed E-state index contributed by atoms with van der Waals surface area (Å²) >= 11 is 6.39. The molecule has 3 N–H and O–H groups in total. The first-order valence-electron chi connectivity index (χ1n) is 13.3. The lowest BCUT2D eigenvalue weighted by Crippen LogP contribution is -2.36. The van der Waals surface area contributed by atoms with Crippen LogP contribution in [0.2, 0.25) is 5.02 Å². The minimum absolute atomic E-state index is 0.0319. The van der Waals surface area contributed by atoms with E-state index in [1.807, 2.05) is 6.20 Å². The molecule has 4 heterocycles. The summed E-state index contributed by atoms with van der Waals surface area (Å²) in [4.78, 5) is 41.9. The fraction of sp³-hybridized carbons (Fsp3) is 0.276. The summed E-state index contributed by atoms with van der Waals surface area (Å²) in [6, 6.07) is 6.23. The van der Waals surface area contributed by atoms with Gasteiger partial charge in [0.15, 0.2) is 5.82 Å². The van der Waals surface area contributed by atoms with Crippen molar-refractivity contribution < 1.29 is 18.7 Å². The van der Waals surface area contributed by atoms with E-state index in [-0.39, 0.29) is 40.1 Å². The van der Waals surface area contributed by atoms with Crippen LogP contribution in [0.3, 0.4) is 0 Å². The number of hydrogen-bond acceptors (Lipinski definition) is 7. The Morgan fingerprint density at radius 3 is 2.71 bits per heavy atom. The summed E-state index contributed by atoms with van der Waals surface area (Å²) in [5.74, 6) is 0.592. The van der Waals surface area contributed by atoms with Gasteiger partial charge in [-0.15, -0.1) is 0 Å². The SMILES string of the molecule is C=CC(=O)N1CCC(c2c[nH]c3ncnc(Nc4ccc(Oc5ccnc(NC(=O)C6CC6)c5)c(Cl)c4F)c23)CC1. The quantitative estimate of drug-likeness (QED) is 0.223. The lowest BCUT2D eigenvalue weighted by molar-refractivity contribution is -0.127. The van der Waals surface area contributed by atoms with Gasteiger partial charge in [0.2, 0.25) is 11.8 Å². The summed E-state index contributed by atoms with van der Waals surface area (Å²) in [6.45, 7) is 4.81. The Kier molecular flexibility index (Phi) is 7.27. The lowest BCUT2D eigenvalue weighted by atomic mass is 9.89. The van der Waals surface area contributed by atoms with E-state index in [2.05, 4.69) is 37.1 Å². The number of halogens is 2. The largest absolute Gasteiger partial charge is 0.455 e. The maximum Gasteiger partial charge on any atom is 0.245 e. The van der Waals surface area contributed by atoms with Gasteiger partial charge in [-0.1, -0.05) is 18.2 Å². The van der Waals surface area contributed by atoms with E-state index >= 15 is 4.39 Å². The van der Waals surface area contributed by atoms with Crippen molar-refractivity contribution in [1.82, 2.24) is 24.8 Å². The maximum atomic E-state index is 15.5. The van der Waals surface area contributed by atoms with E-state index in [1.165, 1.54) is 24.7 Å². The van der Waals surface area contributed by atoms with Crippen LogP contribution in [0.1, 0.15) is 37.2 Å². The summed E-state index contributed by atoms with van der Waals surface area (Å²) in [6.07, 6.45) is 9.42. The number of anilines is 3. The standard InChI is InChI=1S/C29H27ClFN7O3/c1-2-23(39)38-11-8-16(9-12-38)19-14-33-27-24(19)28(35-15-34-27)36-20-5-6-21(25(30)26(20)31)41-18-7-10-32-22(13-18)37-29(40)17-3-4-17/h2,5-7,10,13-17H,1,3-4,8-9,11-12H2,(H,32,37,40)(H2,33,34,35,36). The Balaban J connectivity index is 1.21. The summed E-state index contributed by atoms with van der Waals surface area (Å²) in [7, 11) is 0. The molecule has 0 spiro atoms. The average Bonchev–Trinajstić information content (AvgIpc) is 3.76. The van der Waals surface area contributed by atoms with Crippen molar-refractivity contribution in [1.29, 1.82) is 0 Å². The van der Waals surface area contributed by atoms with Crippen LogP contribution in [0.15, 0.2) is 55.6 Å². The molecule has 10 nitrogen and oxygen atoms in total. The van der Waals surface area contributed by atoms with Gasteiger partial charge in [-0.05, 0) is 61.4 Å². The van der Waals surface area contributed by atoms with Gasteiger partial charge < -0.3 is 25.3 Å². The first kappa shape index (κ1) is 26.7. The molecule has 3 aromatic heterocycles. The van der Waals surface area contributed by atoms with Gasteiger partial charge in [0.05, 0.1) is 11.1 Å². The van der Waals surface area contributed by atoms with Crippen molar-refractivity contribution in [2.24, 2.45) is 5.92 Å². The Morgan fingerprint density at radius 2 is 1.95 bits per heavy atom. The normalized spacial score (nSPS) is 15.5. The number of nitrogens with one attached hydrogen (secondary N) is 3. The molecule has 4 aromatic rings. The van der Waals surface area contributed by atoms with Crippen molar-refractivity contribution in [3.8, 4) is 11.5 Å². The molecule has 210 valence electrons. The molecule has 0 unspecified atom stereocenters. The van der Waals surface area contributed by atoms with Crippen LogP contribution in [0, 0.1) is 11.7 Å². The Hall–Kier alpha value is -4.51. The molecule has 1 aliphatic heterocycles. The number of pyridine rings is 1. The first-order chi connectivity index (χ1) is 19.9. The van der Waals surface area contributed by atoms with E-state index in [0.717, 1.165) is 36.6 Å². The van der Waals surface area contributed by atoms with Gasteiger partial charge in [-0.3, -0.25) is 9.59 Å². The predicted octanol–water partition coefficient (Wildman–Crippen LogP) is 5.92. The minimum Gasteiger partial charge on any atom is -0.455 e. The van der Waals surface area contributed by atoms with Gasteiger partial charge in [0.25, 0.3) is 0 Å². The molecule has 1 saturated heterocycles. The highest BCUT2D eigenvalue weighted by Gasteiger charge is 2.30. The molecule has 2 fully saturated rings. The van der Waals surface area contributed by atoms with Gasteiger partial charge in [0.1, 0.15) is 40.1 Å². The molecule has 6 rings (SSSR count). The Morgan fingerprint density at radius 1 is 1.15 bits per heavy atom. The van der Waals surface area contributed by atoms with Crippen LogP contribution >= 0.6 is 11.6 Å². The molecule has 0 radical (unpaired) electrons. The number of aromatic nitrogens is 4. The van der Waals surface area contributed by atoms with Crippen molar-refractivity contribution in [3.05, 3.63) is 72.0 Å². The number of likely N-dealkylation sites (tertiary alicyclic amines) is 1. The van der Waals surface area contributed by atoms with Crippen LogP contribution in [0.5, 0.6) is 11.5 Å². The van der Waals surface area contributed by atoms with E-state index in [1.54, 1.807) is 23.1 Å². The molecule has 2 aliphatic rings. The zero-order valence-electron chi connectivity index (χ0n) is 22.0. The minimum atomic E-state index is -0.708. The molecule has 41 heavy (non-hydrogen) atoms. The molecule has 0 bridgehead atoms. The second kappa shape index (κ2) is 11.2. The number of rotatable bonds is 8. The third-order valence-electron chi connectivity index (χ3n) is 7.38. The summed E-state index contributed by atoms with van der Waals surface area (Å²) in [5, 5.41) is 6.38. The third kappa shape index (κ3) is 5.58. The number of carbonyl (C=O) groups excluding carboxylic acids is 2. The summed E-state index contributed by atoms with van der Waals surface area (Å²) < 4.78 is 21.3. The van der Waals surface area contributed by atoms with E-state index in [4.69, 9.17) is 16.3 Å². The van der Waals surface area contributed by atoms with Crippen LogP contribution in [0.25, 0.3) is 11.0 Å². The molecule has 1 saturated carbocycles. The van der Waals surface area contributed by atoms with Crippen LogP contribution < -0.4 is 15.4 Å². The van der Waals surface area contributed by atoms with E-state index in [9.17, 15) is 9.59 Å². The average molecular weight is 576 g/mol. The Labute approximate surface area is 240 Å². The molecule has 1 aliphatic carbocycles. The molecular formula is C29H27ClFN7O3. The maximum absolute atomic E-state index is 15.5. The van der Waals surface area contributed by atoms with E-state index in [0.29, 0.717) is 36.1 Å². The van der Waals surface area contributed by atoms with Crippen molar-refractivity contribution in [2.75, 3.05) is 23.7 Å². The number of fused-ring (bicyclic) bond motifs is 1. The molecule has 0 atom stereocenters. The number of piperidine rings is 1. The zero-order valence-corrected chi connectivity index (χ0v) is 22.7. The molecule has 2 amide bonds. The highest BCUT2D eigenvalue weighted by atomic mass is 35.5. The topological polar surface area (TPSA) is 125 Å². The fourth-order valence-electron chi connectivity index (χ4n) is 5.02. The first-order valence-corrected chi connectivity index (χ1v) is 13.7. The van der Waals surface area contributed by atoms with Crippen LogP contribution in [-0.4, -0.2) is 49.7 Å². The second-order valence-electron chi connectivity index (χ2n) is 10.1. The number of nitrogens with zero attached hydrogens (tertiary/aromatic N) is 4. The van der Waals surface area contributed by atoms with Gasteiger partial charge >= 0.3 is 0 Å². The zero-order chi connectivity index (χ0) is 28.5. The third-order valence-corrected chi connectivity index (χ3v) is 7.73. The van der Waals surface area contributed by atoms with Gasteiger partial charge in [-0.2, -0.15) is 0 Å². The number of hydrogen-bond donors (Lipinski definition) is 3. The number of carbonyl (C=O) groups is 2. The molecule has 12 heteroatoms. The number of benzene rings is 1. The lowest BCUT2D eigenvalue weighted by Gasteiger charge is -2.31. The van der Waals surface area contributed by atoms with Crippen molar-refractivity contribution >= 4 is 51.8 Å². The van der Waals surface area contributed by atoms with Gasteiger partial charge in [0, 0.05) is 37.5 Å². The highest BCUT2D eigenvalue weighted by molar-refractivity contribution is 6.32. The fourth-order valence-corrected chi connectivity index (χ4v) is 5.23. The van der Waals surface area contributed by atoms with Crippen LogP contribution in [-0.2, 0) is 9.59 Å².